The molecule has 30 heteroatoms. The number of phosphoric acid groups is 2. The van der Waals surface area contributed by atoms with E-state index in [-0.39, 0.29) is 124 Å². The Morgan fingerprint density at radius 2 is 1.21 bits per heavy atom. The summed E-state index contributed by atoms with van der Waals surface area (Å²) in [4.78, 5) is 162. The number of hydrogen-bond donors (Lipinski definition) is 10. The average molecular weight is 1340 g/mol. The fraction of sp³-hybridized carbons (Fsp3) is 0.339. The molecule has 5 aromatic rings. The number of benzene rings is 5. The first-order valence-electron chi connectivity index (χ1n) is 29.5. The molecule has 1 fully saturated rings. The third-order valence-corrected chi connectivity index (χ3v) is 17.9. The van der Waals surface area contributed by atoms with E-state index in [1.807, 2.05) is 0 Å². The number of halogens is 2. The Bertz CT molecular complexity index is 3940. The van der Waals surface area contributed by atoms with Gasteiger partial charge in [-0.2, -0.15) is 0 Å². The van der Waals surface area contributed by atoms with Crippen LogP contribution in [0.2, 0.25) is 0 Å². The second-order valence-electron chi connectivity index (χ2n) is 22.4. The summed E-state index contributed by atoms with van der Waals surface area (Å²) in [7, 11) is -10.1. The molecule has 1 saturated carbocycles. The molecule has 9 rings (SSSR count). The Kier molecular flexibility index (Phi) is 21.7. The maximum Gasteiger partial charge on any atom is 0.524 e. The van der Waals surface area contributed by atoms with E-state index in [0.29, 0.717) is 75.3 Å². The zero-order valence-electron chi connectivity index (χ0n) is 49.4. The van der Waals surface area contributed by atoms with Crippen LogP contribution in [0, 0.1) is 5.41 Å². The molecule has 0 aromatic heterocycles. The van der Waals surface area contributed by atoms with Crippen LogP contribution in [0.5, 0.6) is 11.5 Å². The quantitative estimate of drug-likeness (QED) is 0.00641. The van der Waals surface area contributed by atoms with Crippen LogP contribution < -0.4 is 51.2 Å². The zero-order valence-corrected chi connectivity index (χ0v) is 52.7. The lowest BCUT2D eigenvalue weighted by Crippen LogP contribution is -2.59. The van der Waals surface area contributed by atoms with E-state index in [1.54, 1.807) is 60.7 Å². The van der Waals surface area contributed by atoms with Gasteiger partial charge in [0.2, 0.25) is 23.6 Å². The van der Waals surface area contributed by atoms with Gasteiger partial charge in [0.15, 0.2) is 0 Å². The molecule has 0 bridgehead atoms. The number of urea groups is 1. The van der Waals surface area contributed by atoms with E-state index in [4.69, 9.17) is 38.0 Å². The van der Waals surface area contributed by atoms with Crippen molar-refractivity contribution in [2.45, 2.75) is 75.7 Å². The number of alkyl halides is 2. The second-order valence-corrected chi connectivity index (χ2v) is 25.4. The predicted octanol–water partition coefficient (Wildman–Crippen LogP) is 6.46. The normalized spacial score (nSPS) is 17.0. The highest BCUT2D eigenvalue weighted by Gasteiger charge is 2.51. The molecule has 26 nitrogen and oxygen atoms in total. The van der Waals surface area contributed by atoms with Crippen molar-refractivity contribution in [1.29, 1.82) is 0 Å². The Labute approximate surface area is 537 Å². The number of nitrogens with two attached hydrogens (primary N) is 1. The standard InChI is InChI=1S/C62H67Cl2N9O17P2/c63-33-39-35-72(47-31-49(89-91(83,84)85)41-10-2-4-12-43(41)56(39)47)54(77)19-16-37-15-17-38(18-20-55(78)73-36-40(34-64)57-44-13-5-3-11-42(44)50(32-48(57)73)90-92(86,87)88)46(30-37)69-51(74)23-28-66-58(79)45(14-8-27-68-61(65)82)70-60(81)62(24-9-25-62)59(80)67-26-6-1-7-29-71-52(75)21-22-53(71)76/h2-5,10-13,15-22,30-32,39-40,45H,1,6-9,14,23-29,33-36H2,(H,66,79)(H,67,80)(H,69,74)(H,70,81)(H3,65,68,82)(H2,83,84,85)(H2,86,87,88)/b19-16+,20-18+/t39-,40-,45+/m1/s1. The SMILES string of the molecule is NC(=O)NCCC[C@H](NC(=O)C1(C(=O)NCCCCCN2C(=O)C=CC2=O)CCC1)C(=O)NCCC(=O)Nc1cc(/C=C/C(=O)N2C[C@@H](CCl)c3c2cc(OP(=O)(O)O)c2ccccc32)ccc1/C=C/C(=O)N1C[C@@H](CCl)c2c1cc(OP(=O)(O)O)c1ccccc21. The minimum absolute atomic E-state index is 0.00840. The predicted molar refractivity (Wildman–Crippen MR) is 343 cm³/mol. The van der Waals surface area contributed by atoms with Crippen LogP contribution in [-0.2, 0) is 47.5 Å². The largest absolute Gasteiger partial charge is 0.524 e. The van der Waals surface area contributed by atoms with Crippen LogP contribution >= 0.6 is 38.8 Å². The summed E-state index contributed by atoms with van der Waals surface area (Å²) in [5, 5.41) is 15.4. The molecule has 0 radical (unpaired) electrons. The summed E-state index contributed by atoms with van der Waals surface area (Å²) in [6.07, 6.45) is 10.2. The molecule has 3 heterocycles. The molecule has 0 saturated heterocycles. The summed E-state index contributed by atoms with van der Waals surface area (Å²) < 4.78 is 34.4. The molecule has 0 unspecified atom stereocenters. The van der Waals surface area contributed by atoms with Crippen LogP contribution in [0.3, 0.4) is 0 Å². The zero-order chi connectivity index (χ0) is 66.1. The molecule has 92 heavy (non-hydrogen) atoms. The lowest BCUT2D eigenvalue weighted by atomic mass is 9.67. The molecular formula is C62H67Cl2N9O17P2. The van der Waals surface area contributed by atoms with Crippen molar-refractivity contribution in [2.75, 3.05) is 66.1 Å². The first-order chi connectivity index (χ1) is 43.9. The summed E-state index contributed by atoms with van der Waals surface area (Å²) in [6.45, 7) is 0.412. The number of primary amides is 1. The summed E-state index contributed by atoms with van der Waals surface area (Å²) in [5.41, 5.74) is 6.53. The summed E-state index contributed by atoms with van der Waals surface area (Å²) >= 11 is 12.9. The lowest BCUT2D eigenvalue weighted by Gasteiger charge is -2.39. The number of imide groups is 1. The number of hydrogen-bond acceptors (Lipinski definition) is 13. The van der Waals surface area contributed by atoms with Crippen LogP contribution in [0.4, 0.5) is 21.9 Å². The van der Waals surface area contributed by atoms with Crippen LogP contribution in [0.25, 0.3) is 33.7 Å². The molecule has 0 spiro atoms. The minimum Gasteiger partial charge on any atom is -0.404 e. The van der Waals surface area contributed by atoms with Gasteiger partial charge in [-0.1, -0.05) is 67.1 Å². The Hall–Kier alpha value is -8.45. The van der Waals surface area contributed by atoms with E-state index in [9.17, 15) is 71.9 Å². The van der Waals surface area contributed by atoms with Crippen molar-refractivity contribution in [3.05, 3.63) is 125 Å². The van der Waals surface area contributed by atoms with Crippen LogP contribution in [0.1, 0.15) is 91.9 Å². The van der Waals surface area contributed by atoms with E-state index < -0.39 is 74.5 Å². The van der Waals surface area contributed by atoms with Crippen LogP contribution in [0.15, 0.2) is 103 Å². The van der Waals surface area contributed by atoms with Gasteiger partial charge in [0, 0.05) is 122 Å². The van der Waals surface area contributed by atoms with Crippen molar-refractivity contribution in [3.8, 4) is 11.5 Å². The van der Waals surface area contributed by atoms with Gasteiger partial charge in [0.05, 0.1) is 11.4 Å². The number of phosphoric ester groups is 2. The van der Waals surface area contributed by atoms with Crippen molar-refractivity contribution in [2.24, 2.45) is 11.1 Å². The van der Waals surface area contributed by atoms with Gasteiger partial charge in [0.25, 0.3) is 23.6 Å². The van der Waals surface area contributed by atoms with E-state index in [2.05, 4.69) is 26.6 Å². The summed E-state index contributed by atoms with van der Waals surface area (Å²) in [6, 6.07) is 18.9. The number of nitrogens with one attached hydrogen (secondary N) is 5. The third-order valence-electron chi connectivity index (χ3n) is 16.3. The number of carbonyl (C=O) groups is 9. The smallest absolute Gasteiger partial charge is 0.404 e. The number of rotatable bonds is 28. The number of amides is 10. The first-order valence-corrected chi connectivity index (χ1v) is 33.6. The second kappa shape index (κ2) is 29.4. The number of unbranched alkanes of at least 4 members (excludes halogenated alkanes) is 2. The van der Waals surface area contributed by atoms with E-state index in [1.165, 1.54) is 64.5 Å². The number of carbonyl (C=O) groups excluding carboxylic acids is 9. The molecule has 4 aliphatic rings. The fourth-order valence-corrected chi connectivity index (χ4v) is 13.1. The van der Waals surface area contributed by atoms with Crippen molar-refractivity contribution < 1.29 is 80.9 Å². The topological polar surface area (TPSA) is 383 Å². The van der Waals surface area contributed by atoms with Gasteiger partial charge in [0.1, 0.15) is 23.0 Å². The number of anilines is 3. The molecule has 3 atom stereocenters. The molecule has 486 valence electrons. The number of fused-ring (bicyclic) bond motifs is 6. The van der Waals surface area contributed by atoms with Gasteiger partial charge >= 0.3 is 21.7 Å². The van der Waals surface area contributed by atoms with Gasteiger partial charge in [-0.15, -0.1) is 23.2 Å². The molecule has 3 aliphatic heterocycles. The maximum atomic E-state index is 14.3. The van der Waals surface area contributed by atoms with Crippen molar-refractivity contribution >= 4 is 143 Å². The Morgan fingerprint density at radius 1 is 0.663 bits per heavy atom. The molecule has 10 amide bonds. The summed E-state index contributed by atoms with van der Waals surface area (Å²) in [5.74, 6) is -5.36. The van der Waals surface area contributed by atoms with Gasteiger partial charge < -0.3 is 51.2 Å². The minimum atomic E-state index is -5.07. The first kappa shape index (κ1) is 67.9. The van der Waals surface area contributed by atoms with E-state index in [0.717, 1.165) is 4.90 Å². The van der Waals surface area contributed by atoms with Gasteiger partial charge in [-0.3, -0.25) is 62.8 Å². The van der Waals surface area contributed by atoms with Crippen molar-refractivity contribution in [3.63, 3.8) is 0 Å². The highest BCUT2D eigenvalue weighted by molar-refractivity contribution is 7.47. The Morgan fingerprint density at radius 3 is 1.73 bits per heavy atom. The highest BCUT2D eigenvalue weighted by atomic mass is 35.5. The monoisotopic (exact) mass is 1340 g/mol. The lowest BCUT2D eigenvalue weighted by molar-refractivity contribution is -0.151. The highest BCUT2D eigenvalue weighted by Crippen LogP contribution is 2.51. The number of nitrogens with zero attached hydrogens (tertiary/aromatic N) is 3. The van der Waals surface area contributed by atoms with Gasteiger partial charge in [-0.25, -0.2) is 13.9 Å². The Balaban J connectivity index is 0.923. The van der Waals surface area contributed by atoms with Gasteiger partial charge in [-0.05, 0) is 96.2 Å². The maximum absolute atomic E-state index is 14.3. The third kappa shape index (κ3) is 16.1. The fourth-order valence-electron chi connectivity index (χ4n) is 11.7. The van der Waals surface area contributed by atoms with Crippen molar-refractivity contribution in [1.82, 2.24) is 26.2 Å². The molecular weight excluding hydrogens is 1280 g/mol. The molecule has 5 aromatic carbocycles. The van der Waals surface area contributed by atoms with Crippen LogP contribution in [-0.4, -0.2) is 135 Å². The molecule has 1 aliphatic carbocycles. The average Bonchev–Trinajstić information content (AvgIpc) is 1.56. The van der Waals surface area contributed by atoms with E-state index >= 15 is 0 Å². The molecule has 11 N–H and O–H groups in total.